The van der Waals surface area contributed by atoms with E-state index in [0.717, 1.165) is 29.8 Å². The fourth-order valence-electron chi connectivity index (χ4n) is 3.96. The number of carbonyl (C=O) groups excluding carboxylic acids is 3. The number of oxime groups is 1. The minimum absolute atomic E-state index is 0.0922. The molecule has 3 N–H and O–H groups in total. The number of nitrogen functional groups attached to an aromatic ring is 1. The van der Waals surface area contributed by atoms with Gasteiger partial charge in [-0.2, -0.15) is 0 Å². The normalized spacial score (nSPS) is 25.1. The van der Waals surface area contributed by atoms with Crippen molar-refractivity contribution < 1.29 is 28.7 Å². The van der Waals surface area contributed by atoms with Crippen LogP contribution in [0.3, 0.4) is 0 Å². The first-order chi connectivity index (χ1) is 16.1. The Morgan fingerprint density at radius 1 is 1.38 bits per heavy atom. The lowest BCUT2D eigenvalue weighted by molar-refractivity contribution is -0.159. The van der Waals surface area contributed by atoms with Gasteiger partial charge in [0.15, 0.2) is 10.8 Å². The third-order valence-corrected chi connectivity index (χ3v) is 7.33. The van der Waals surface area contributed by atoms with Crippen LogP contribution in [0.25, 0.3) is 0 Å². The van der Waals surface area contributed by atoms with Crippen LogP contribution in [0.4, 0.5) is 5.13 Å². The molecule has 0 aliphatic carbocycles. The van der Waals surface area contributed by atoms with Crippen molar-refractivity contribution in [1.82, 2.24) is 15.2 Å². The number of fused-ring (bicyclic) bond motifs is 1. The Morgan fingerprint density at radius 2 is 2.15 bits per heavy atom. The van der Waals surface area contributed by atoms with Crippen LogP contribution in [0.15, 0.2) is 21.8 Å². The molecule has 0 aromatic carbocycles. The molecule has 3 atom stereocenters. The maximum atomic E-state index is 13.2. The van der Waals surface area contributed by atoms with Gasteiger partial charge in [-0.05, 0) is 39.2 Å². The summed E-state index contributed by atoms with van der Waals surface area (Å²) in [6.45, 7) is 5.93. The summed E-state index contributed by atoms with van der Waals surface area (Å²) in [6, 6.07) is -0.848. The molecule has 34 heavy (non-hydrogen) atoms. The summed E-state index contributed by atoms with van der Waals surface area (Å²) in [5.41, 5.74) is 6.07. The summed E-state index contributed by atoms with van der Waals surface area (Å²) in [7, 11) is 1.31. The zero-order valence-electron chi connectivity index (χ0n) is 19.3. The molecule has 13 heteroatoms. The van der Waals surface area contributed by atoms with Gasteiger partial charge in [-0.1, -0.05) is 5.16 Å². The molecule has 4 heterocycles. The number of anilines is 1. The van der Waals surface area contributed by atoms with E-state index < -0.39 is 34.8 Å². The molecular weight excluding hydrogens is 482 g/mol. The highest BCUT2D eigenvalue weighted by Gasteiger charge is 2.55. The van der Waals surface area contributed by atoms with E-state index in [0.29, 0.717) is 12.4 Å². The molecule has 0 saturated carbocycles. The maximum absolute atomic E-state index is 13.2. The largest absolute Gasteiger partial charge is 0.455 e. The van der Waals surface area contributed by atoms with E-state index in [4.69, 9.17) is 20.0 Å². The van der Waals surface area contributed by atoms with Gasteiger partial charge in [-0.15, -0.1) is 23.1 Å². The van der Waals surface area contributed by atoms with Gasteiger partial charge in [0.25, 0.3) is 11.8 Å². The van der Waals surface area contributed by atoms with Crippen LogP contribution in [0.1, 0.15) is 39.3 Å². The van der Waals surface area contributed by atoms with E-state index in [9.17, 15) is 14.4 Å². The number of hydrogen-bond acceptors (Lipinski definition) is 11. The highest BCUT2D eigenvalue weighted by molar-refractivity contribution is 8.00. The lowest BCUT2D eigenvalue weighted by Gasteiger charge is -2.50. The van der Waals surface area contributed by atoms with Gasteiger partial charge in [0.2, 0.25) is 0 Å². The molecule has 3 aliphatic heterocycles. The number of nitrogens with one attached hydrogen (secondary N) is 1. The molecule has 3 aliphatic rings. The third kappa shape index (κ3) is 4.77. The van der Waals surface area contributed by atoms with E-state index in [2.05, 4.69) is 15.5 Å². The van der Waals surface area contributed by atoms with Gasteiger partial charge < -0.3 is 25.4 Å². The van der Waals surface area contributed by atoms with Crippen molar-refractivity contribution in [3.05, 3.63) is 22.3 Å². The number of β-lactam (4-membered cyclic amide) rings is 1. The third-order valence-electron chi connectivity index (χ3n) is 5.36. The first-order valence-corrected chi connectivity index (χ1v) is 12.7. The molecule has 0 unspecified atom stereocenters. The standard InChI is InChI=1S/C21H27N5O6S2/c1-21(2,3)32-19(29)15-10(12-6-5-7-31-12)8-33-18-14(17(28)26(15)18)24-16(27)13(25-30-4)11-9-34-20(22)23-11/h9,12,14,18H,5-8H2,1-4H3,(H2,22,23)(H,24,27)/b25-13-/t12-,14+,18+/m0/s1. The summed E-state index contributed by atoms with van der Waals surface area (Å²) in [5, 5.41) is 7.85. The first kappa shape index (κ1) is 24.5. The number of rotatable bonds is 6. The van der Waals surface area contributed by atoms with Crippen LogP contribution < -0.4 is 11.1 Å². The van der Waals surface area contributed by atoms with E-state index >= 15 is 0 Å². The lowest BCUT2D eigenvalue weighted by Crippen LogP contribution is -2.71. The number of thioether (sulfide) groups is 1. The van der Waals surface area contributed by atoms with Gasteiger partial charge >= 0.3 is 5.97 Å². The zero-order chi connectivity index (χ0) is 24.6. The molecule has 11 nitrogen and oxygen atoms in total. The second-order valence-corrected chi connectivity index (χ2v) is 10.9. The van der Waals surface area contributed by atoms with Crippen LogP contribution in [-0.4, -0.2) is 76.0 Å². The van der Waals surface area contributed by atoms with Gasteiger partial charge in [-0.25, -0.2) is 9.78 Å². The molecule has 1 aromatic rings. The highest BCUT2D eigenvalue weighted by Crippen LogP contribution is 2.43. The average Bonchev–Trinajstić information content (AvgIpc) is 3.45. The summed E-state index contributed by atoms with van der Waals surface area (Å²) in [6.07, 6.45) is 1.44. The van der Waals surface area contributed by atoms with E-state index in [-0.39, 0.29) is 28.3 Å². The second-order valence-electron chi connectivity index (χ2n) is 8.93. The monoisotopic (exact) mass is 509 g/mol. The number of esters is 1. The van der Waals surface area contributed by atoms with Crippen molar-refractivity contribution in [3.8, 4) is 0 Å². The van der Waals surface area contributed by atoms with Crippen LogP contribution >= 0.6 is 23.1 Å². The predicted molar refractivity (Wildman–Crippen MR) is 127 cm³/mol. The molecule has 2 amide bonds. The van der Waals surface area contributed by atoms with E-state index in [1.165, 1.54) is 23.8 Å². The van der Waals surface area contributed by atoms with Crippen LogP contribution in [0.2, 0.25) is 0 Å². The lowest BCUT2D eigenvalue weighted by atomic mass is 9.98. The fraction of sp³-hybridized carbons (Fsp3) is 0.571. The fourth-order valence-corrected chi connectivity index (χ4v) is 5.92. The number of thiazole rings is 1. The van der Waals surface area contributed by atoms with Crippen LogP contribution in [-0.2, 0) is 28.7 Å². The van der Waals surface area contributed by atoms with Crippen LogP contribution in [0, 0.1) is 0 Å². The summed E-state index contributed by atoms with van der Waals surface area (Å²) < 4.78 is 11.4. The number of nitrogens with two attached hydrogens (primary N) is 1. The number of amides is 2. The zero-order valence-corrected chi connectivity index (χ0v) is 21.0. The predicted octanol–water partition coefficient (Wildman–Crippen LogP) is 1.25. The topological polar surface area (TPSA) is 145 Å². The quantitative estimate of drug-likeness (QED) is 0.250. The van der Waals surface area contributed by atoms with Crippen molar-refractivity contribution in [1.29, 1.82) is 0 Å². The highest BCUT2D eigenvalue weighted by atomic mass is 32.2. The molecule has 1 aromatic heterocycles. The van der Waals surface area contributed by atoms with Crippen molar-refractivity contribution in [2.24, 2.45) is 5.16 Å². The van der Waals surface area contributed by atoms with Crippen molar-refractivity contribution >= 4 is 51.7 Å². The van der Waals surface area contributed by atoms with E-state index in [1.54, 1.807) is 26.2 Å². The summed E-state index contributed by atoms with van der Waals surface area (Å²) >= 11 is 2.62. The Balaban J connectivity index is 1.57. The van der Waals surface area contributed by atoms with Gasteiger partial charge in [0, 0.05) is 17.7 Å². The summed E-state index contributed by atoms with van der Waals surface area (Å²) in [5.74, 6) is -1.11. The average molecular weight is 510 g/mol. The Morgan fingerprint density at radius 3 is 2.74 bits per heavy atom. The molecule has 2 fully saturated rings. The number of ether oxygens (including phenoxy) is 2. The Hall–Kier alpha value is -2.64. The Labute approximate surface area is 205 Å². The number of nitrogens with zero attached hydrogens (tertiary/aromatic N) is 3. The molecule has 0 radical (unpaired) electrons. The molecule has 0 spiro atoms. The van der Waals surface area contributed by atoms with E-state index in [1.807, 2.05) is 0 Å². The second kappa shape index (κ2) is 9.55. The SMILES string of the molecule is CO/N=C(\C(=O)N[C@@H]1C(=O)N2C(C(=O)OC(C)(C)C)=C([C@@H]3CCCO3)CS[C@H]12)c1csc(N)n1. The molecule has 184 valence electrons. The molecule has 2 saturated heterocycles. The first-order valence-electron chi connectivity index (χ1n) is 10.8. The number of carbonyl (C=O) groups is 3. The van der Waals surface area contributed by atoms with Gasteiger partial charge in [-0.3, -0.25) is 14.5 Å². The molecular formula is C21H27N5O6S2. The molecule has 0 bridgehead atoms. The smallest absolute Gasteiger partial charge is 0.355 e. The molecule has 4 rings (SSSR count). The Kier molecular flexibility index (Phi) is 6.87. The van der Waals surface area contributed by atoms with Crippen molar-refractivity contribution in [2.45, 2.75) is 56.7 Å². The number of hydrogen-bond donors (Lipinski definition) is 2. The van der Waals surface area contributed by atoms with Gasteiger partial charge in [0.05, 0.1) is 6.10 Å². The van der Waals surface area contributed by atoms with Crippen LogP contribution in [0.5, 0.6) is 0 Å². The Bertz CT molecular complexity index is 1060. The number of aromatic nitrogens is 1. The van der Waals surface area contributed by atoms with Crippen molar-refractivity contribution in [3.63, 3.8) is 0 Å². The maximum Gasteiger partial charge on any atom is 0.355 e. The minimum Gasteiger partial charge on any atom is -0.455 e. The summed E-state index contributed by atoms with van der Waals surface area (Å²) in [4.78, 5) is 49.6. The van der Waals surface area contributed by atoms with Gasteiger partial charge in [0.1, 0.15) is 35.5 Å². The van der Waals surface area contributed by atoms with Crippen molar-refractivity contribution in [2.75, 3.05) is 25.2 Å². The minimum atomic E-state index is -0.848.